The van der Waals surface area contributed by atoms with Crippen LogP contribution in [-0.2, 0) is 4.79 Å². The predicted molar refractivity (Wildman–Crippen MR) is 76.2 cm³/mol. The number of hydrogen-bond donors (Lipinski definition) is 2. The minimum Gasteiger partial charge on any atom is -0.497 e. The maximum atomic E-state index is 11.3. The average molecular weight is 263 g/mol. The molecule has 0 bridgehead atoms. The van der Waals surface area contributed by atoms with Crippen molar-refractivity contribution in [2.24, 2.45) is 5.73 Å². The molecule has 0 unspecified atom stereocenters. The smallest absolute Gasteiger partial charge is 0.236 e. The SMILES string of the molecule is COc1cc(N)cc(N(CC(N)=O)C2CCCC2)c1. The number of ether oxygens (including phenoxy) is 1. The lowest BCUT2D eigenvalue weighted by molar-refractivity contribution is -0.116. The number of benzene rings is 1. The number of nitrogens with two attached hydrogens (primary N) is 2. The van der Waals surface area contributed by atoms with Gasteiger partial charge in [-0.3, -0.25) is 4.79 Å². The summed E-state index contributed by atoms with van der Waals surface area (Å²) in [4.78, 5) is 13.3. The first-order chi connectivity index (χ1) is 9.10. The molecule has 5 heteroatoms. The van der Waals surface area contributed by atoms with E-state index in [0.29, 0.717) is 17.5 Å². The molecule has 2 rings (SSSR count). The minimum absolute atomic E-state index is 0.220. The summed E-state index contributed by atoms with van der Waals surface area (Å²) in [6.45, 7) is 0.220. The molecule has 5 nitrogen and oxygen atoms in total. The molecule has 4 N–H and O–H groups in total. The Kier molecular flexibility index (Phi) is 4.14. The van der Waals surface area contributed by atoms with E-state index >= 15 is 0 Å². The lowest BCUT2D eigenvalue weighted by Gasteiger charge is -2.30. The largest absolute Gasteiger partial charge is 0.497 e. The molecule has 19 heavy (non-hydrogen) atoms. The Morgan fingerprint density at radius 2 is 2.05 bits per heavy atom. The number of carbonyl (C=O) groups is 1. The van der Waals surface area contributed by atoms with E-state index in [1.807, 2.05) is 17.0 Å². The molecule has 1 aliphatic carbocycles. The van der Waals surface area contributed by atoms with Crippen molar-refractivity contribution in [1.29, 1.82) is 0 Å². The van der Waals surface area contributed by atoms with Gasteiger partial charge in [0.15, 0.2) is 0 Å². The van der Waals surface area contributed by atoms with Gasteiger partial charge in [-0.25, -0.2) is 0 Å². The Morgan fingerprint density at radius 1 is 1.37 bits per heavy atom. The summed E-state index contributed by atoms with van der Waals surface area (Å²) in [5.74, 6) is 0.371. The highest BCUT2D eigenvalue weighted by molar-refractivity contribution is 5.80. The topological polar surface area (TPSA) is 81.6 Å². The predicted octanol–water partition coefficient (Wildman–Crippen LogP) is 1.51. The summed E-state index contributed by atoms with van der Waals surface area (Å²) in [5.41, 5.74) is 12.8. The minimum atomic E-state index is -0.326. The van der Waals surface area contributed by atoms with Gasteiger partial charge < -0.3 is 21.1 Å². The Labute approximate surface area is 113 Å². The molecule has 0 aliphatic heterocycles. The molecule has 0 radical (unpaired) electrons. The van der Waals surface area contributed by atoms with Crippen LogP contribution in [0, 0.1) is 0 Å². The molecule has 1 aliphatic rings. The van der Waals surface area contributed by atoms with Gasteiger partial charge in [-0.2, -0.15) is 0 Å². The lowest BCUT2D eigenvalue weighted by Crippen LogP contribution is -2.40. The highest BCUT2D eigenvalue weighted by Crippen LogP contribution is 2.31. The number of rotatable bonds is 5. The highest BCUT2D eigenvalue weighted by atomic mass is 16.5. The molecule has 1 saturated carbocycles. The summed E-state index contributed by atoms with van der Waals surface area (Å²) in [7, 11) is 1.60. The first-order valence-corrected chi connectivity index (χ1v) is 6.59. The lowest BCUT2D eigenvalue weighted by atomic mass is 10.1. The van der Waals surface area contributed by atoms with Crippen LogP contribution in [-0.4, -0.2) is 25.6 Å². The third-order valence-corrected chi connectivity index (χ3v) is 3.57. The molecular weight excluding hydrogens is 242 g/mol. The number of nitrogens with zero attached hydrogens (tertiary/aromatic N) is 1. The maximum Gasteiger partial charge on any atom is 0.236 e. The third kappa shape index (κ3) is 3.30. The first-order valence-electron chi connectivity index (χ1n) is 6.59. The maximum absolute atomic E-state index is 11.3. The molecule has 0 saturated heterocycles. The van der Waals surface area contributed by atoms with Crippen LogP contribution in [0.15, 0.2) is 18.2 Å². The van der Waals surface area contributed by atoms with Crippen molar-refractivity contribution >= 4 is 17.3 Å². The molecule has 0 spiro atoms. The van der Waals surface area contributed by atoms with Crippen LogP contribution in [0.3, 0.4) is 0 Å². The van der Waals surface area contributed by atoms with E-state index in [1.54, 1.807) is 13.2 Å². The summed E-state index contributed by atoms with van der Waals surface area (Å²) >= 11 is 0. The van der Waals surface area contributed by atoms with Crippen molar-refractivity contribution in [2.45, 2.75) is 31.7 Å². The molecule has 1 aromatic carbocycles. The van der Waals surface area contributed by atoms with E-state index in [2.05, 4.69) is 0 Å². The second-order valence-electron chi connectivity index (χ2n) is 5.00. The van der Waals surface area contributed by atoms with E-state index in [0.717, 1.165) is 18.5 Å². The number of anilines is 2. The van der Waals surface area contributed by atoms with Gasteiger partial charge in [0.1, 0.15) is 5.75 Å². The van der Waals surface area contributed by atoms with Crippen molar-refractivity contribution in [3.05, 3.63) is 18.2 Å². The average Bonchev–Trinajstić information content (AvgIpc) is 2.88. The van der Waals surface area contributed by atoms with Gasteiger partial charge in [0.05, 0.1) is 13.7 Å². The zero-order valence-electron chi connectivity index (χ0n) is 11.3. The molecule has 1 amide bonds. The van der Waals surface area contributed by atoms with Gasteiger partial charge in [0, 0.05) is 29.5 Å². The van der Waals surface area contributed by atoms with Crippen molar-refractivity contribution in [3.63, 3.8) is 0 Å². The quantitative estimate of drug-likeness (QED) is 0.789. The fourth-order valence-electron chi connectivity index (χ4n) is 2.70. The Bertz CT molecular complexity index is 456. The number of hydrogen-bond acceptors (Lipinski definition) is 4. The first kappa shape index (κ1) is 13.5. The van der Waals surface area contributed by atoms with E-state index in [1.165, 1.54) is 12.8 Å². The van der Waals surface area contributed by atoms with Gasteiger partial charge >= 0.3 is 0 Å². The van der Waals surface area contributed by atoms with Crippen LogP contribution in [0.2, 0.25) is 0 Å². The van der Waals surface area contributed by atoms with E-state index in [-0.39, 0.29) is 12.5 Å². The number of nitrogen functional groups attached to an aromatic ring is 1. The fraction of sp³-hybridized carbons (Fsp3) is 0.500. The molecule has 0 heterocycles. The van der Waals surface area contributed by atoms with Crippen molar-refractivity contribution in [1.82, 2.24) is 0 Å². The Morgan fingerprint density at radius 3 is 2.63 bits per heavy atom. The van der Waals surface area contributed by atoms with Crippen molar-refractivity contribution < 1.29 is 9.53 Å². The summed E-state index contributed by atoms with van der Waals surface area (Å²) < 4.78 is 5.23. The second kappa shape index (κ2) is 5.82. The fourth-order valence-corrected chi connectivity index (χ4v) is 2.70. The summed E-state index contributed by atoms with van der Waals surface area (Å²) in [6, 6.07) is 5.89. The van der Waals surface area contributed by atoms with E-state index < -0.39 is 0 Å². The normalized spacial score (nSPS) is 15.4. The molecule has 1 fully saturated rings. The van der Waals surface area contributed by atoms with Gasteiger partial charge in [-0.05, 0) is 18.9 Å². The van der Waals surface area contributed by atoms with Crippen LogP contribution in [0.1, 0.15) is 25.7 Å². The van der Waals surface area contributed by atoms with Gasteiger partial charge in [0.25, 0.3) is 0 Å². The summed E-state index contributed by atoms with van der Waals surface area (Å²) in [5, 5.41) is 0. The van der Waals surface area contributed by atoms with Crippen LogP contribution in [0.5, 0.6) is 5.75 Å². The summed E-state index contributed by atoms with van der Waals surface area (Å²) in [6.07, 6.45) is 4.56. The number of methoxy groups -OCH3 is 1. The number of carbonyl (C=O) groups excluding carboxylic acids is 1. The molecular formula is C14H21N3O2. The zero-order chi connectivity index (χ0) is 13.8. The number of primary amides is 1. The number of amides is 1. The van der Waals surface area contributed by atoms with Crippen LogP contribution in [0.4, 0.5) is 11.4 Å². The third-order valence-electron chi connectivity index (χ3n) is 3.57. The molecule has 0 aromatic heterocycles. The monoisotopic (exact) mass is 263 g/mol. The molecule has 0 atom stereocenters. The zero-order valence-corrected chi connectivity index (χ0v) is 11.3. The van der Waals surface area contributed by atoms with Crippen LogP contribution >= 0.6 is 0 Å². The van der Waals surface area contributed by atoms with Crippen molar-refractivity contribution in [3.8, 4) is 5.75 Å². The van der Waals surface area contributed by atoms with Gasteiger partial charge in [-0.1, -0.05) is 12.8 Å². The highest BCUT2D eigenvalue weighted by Gasteiger charge is 2.24. The van der Waals surface area contributed by atoms with Crippen LogP contribution in [0.25, 0.3) is 0 Å². The Balaban J connectivity index is 2.30. The van der Waals surface area contributed by atoms with Crippen molar-refractivity contribution in [2.75, 3.05) is 24.3 Å². The van der Waals surface area contributed by atoms with E-state index in [4.69, 9.17) is 16.2 Å². The standard InChI is InChI=1S/C14H21N3O2/c1-19-13-7-10(15)6-12(8-13)17(9-14(16)18)11-4-2-3-5-11/h6-8,11H,2-5,9,15H2,1H3,(H2,16,18). The van der Waals surface area contributed by atoms with E-state index in [9.17, 15) is 4.79 Å². The van der Waals surface area contributed by atoms with Crippen LogP contribution < -0.4 is 21.1 Å². The molecule has 104 valence electrons. The molecule has 1 aromatic rings. The van der Waals surface area contributed by atoms with Gasteiger partial charge in [0.2, 0.25) is 5.91 Å². The Hall–Kier alpha value is -1.91. The second-order valence-corrected chi connectivity index (χ2v) is 5.00. The van der Waals surface area contributed by atoms with Gasteiger partial charge in [-0.15, -0.1) is 0 Å².